The topological polar surface area (TPSA) is 38.2 Å². The van der Waals surface area contributed by atoms with Crippen LogP contribution in [0.15, 0.2) is 42.6 Å². The average Bonchev–Trinajstić information content (AvgIpc) is 3.10. The van der Waals surface area contributed by atoms with E-state index in [1.54, 1.807) is 7.11 Å². The molecule has 1 aromatic carbocycles. The third-order valence-corrected chi connectivity index (χ3v) is 5.65. The predicted molar refractivity (Wildman–Crippen MR) is 101 cm³/mol. The minimum Gasteiger partial charge on any atom is -0.496 e. The average molecular weight is 351 g/mol. The molecule has 3 heterocycles. The van der Waals surface area contributed by atoms with E-state index in [-0.39, 0.29) is 0 Å². The summed E-state index contributed by atoms with van der Waals surface area (Å²) >= 11 is 1.84. The number of methoxy groups -OCH3 is 1. The number of hydrogen-bond donors (Lipinski definition) is 0. The van der Waals surface area contributed by atoms with Gasteiger partial charge in [0.2, 0.25) is 0 Å². The second kappa shape index (κ2) is 6.94. The first-order valence-corrected chi connectivity index (χ1v) is 9.30. The molecular formula is C20H21N3OS. The minimum absolute atomic E-state index is 0.868. The van der Waals surface area contributed by atoms with Crippen molar-refractivity contribution in [3.05, 3.63) is 64.6 Å². The Morgan fingerprint density at radius 1 is 1.20 bits per heavy atom. The van der Waals surface area contributed by atoms with Gasteiger partial charge in [-0.05, 0) is 31.2 Å². The van der Waals surface area contributed by atoms with Crippen molar-refractivity contribution >= 4 is 11.3 Å². The van der Waals surface area contributed by atoms with Crippen molar-refractivity contribution in [2.45, 2.75) is 26.4 Å². The lowest BCUT2D eigenvalue weighted by atomic mass is 10.1. The van der Waals surface area contributed by atoms with Crippen LogP contribution in [0.25, 0.3) is 10.4 Å². The Bertz CT molecular complexity index is 890. The van der Waals surface area contributed by atoms with Crippen LogP contribution in [0.5, 0.6) is 5.75 Å². The molecule has 3 aromatic rings. The van der Waals surface area contributed by atoms with Crippen molar-refractivity contribution < 1.29 is 4.74 Å². The molecule has 5 heteroatoms. The van der Waals surface area contributed by atoms with Crippen LogP contribution < -0.4 is 4.74 Å². The molecule has 0 unspecified atom stereocenters. The van der Waals surface area contributed by atoms with E-state index < -0.39 is 0 Å². The van der Waals surface area contributed by atoms with E-state index in [0.717, 1.165) is 43.2 Å². The van der Waals surface area contributed by atoms with Crippen LogP contribution >= 0.6 is 11.3 Å². The summed E-state index contributed by atoms with van der Waals surface area (Å²) in [5.74, 6) is 1.79. The van der Waals surface area contributed by atoms with Crippen LogP contribution in [0.4, 0.5) is 0 Å². The van der Waals surface area contributed by atoms with Crippen LogP contribution in [0.2, 0.25) is 0 Å². The van der Waals surface area contributed by atoms with Gasteiger partial charge in [0.25, 0.3) is 0 Å². The Hall–Kier alpha value is -2.24. The fourth-order valence-corrected chi connectivity index (χ4v) is 4.37. The fourth-order valence-electron chi connectivity index (χ4n) is 3.29. The molecule has 128 valence electrons. The highest BCUT2D eigenvalue weighted by atomic mass is 32.1. The first kappa shape index (κ1) is 16.2. The number of thiophene rings is 1. The maximum atomic E-state index is 5.49. The summed E-state index contributed by atoms with van der Waals surface area (Å²) in [6.45, 7) is 4.90. The largest absolute Gasteiger partial charge is 0.496 e. The van der Waals surface area contributed by atoms with Crippen molar-refractivity contribution in [2.24, 2.45) is 0 Å². The zero-order valence-corrected chi connectivity index (χ0v) is 15.3. The molecule has 1 aliphatic heterocycles. The number of fused-ring (bicyclic) bond motifs is 1. The normalized spacial score (nSPS) is 14.3. The molecule has 0 amide bonds. The summed E-state index contributed by atoms with van der Waals surface area (Å²) in [4.78, 5) is 14.0. The van der Waals surface area contributed by atoms with Crippen LogP contribution in [0, 0.1) is 6.92 Å². The van der Waals surface area contributed by atoms with E-state index in [9.17, 15) is 0 Å². The predicted octanol–water partition coefficient (Wildman–Crippen LogP) is 4.08. The Morgan fingerprint density at radius 3 is 2.96 bits per heavy atom. The summed E-state index contributed by atoms with van der Waals surface area (Å²) in [6.07, 6.45) is 2.99. The standard InChI is InChI=1S/C20H21N3OS/c1-14-21-11-15-12-23(10-9-18(15)22-14)13-16-7-8-20(25-16)17-5-3-4-6-19(17)24-2/h3-8,11H,9-10,12-13H2,1-2H3. The lowest BCUT2D eigenvalue weighted by Crippen LogP contribution is -2.30. The van der Waals surface area contributed by atoms with E-state index in [2.05, 4.69) is 39.1 Å². The van der Waals surface area contributed by atoms with Crippen LogP contribution in [-0.2, 0) is 19.5 Å². The van der Waals surface area contributed by atoms with Gasteiger partial charge in [-0.25, -0.2) is 9.97 Å². The van der Waals surface area contributed by atoms with Gasteiger partial charge in [-0.3, -0.25) is 4.90 Å². The molecule has 25 heavy (non-hydrogen) atoms. The molecule has 0 atom stereocenters. The Kier molecular flexibility index (Phi) is 4.51. The van der Waals surface area contributed by atoms with Crippen LogP contribution in [-0.4, -0.2) is 28.5 Å². The van der Waals surface area contributed by atoms with E-state index in [1.807, 2.05) is 36.6 Å². The molecule has 2 aromatic heterocycles. The van der Waals surface area contributed by atoms with Gasteiger partial charge in [0.1, 0.15) is 11.6 Å². The molecule has 0 spiro atoms. The molecule has 0 saturated heterocycles. The number of ether oxygens (including phenoxy) is 1. The quantitative estimate of drug-likeness (QED) is 0.710. The number of para-hydroxylation sites is 1. The van der Waals surface area contributed by atoms with Crippen molar-refractivity contribution in [1.82, 2.24) is 14.9 Å². The monoisotopic (exact) mass is 351 g/mol. The highest BCUT2D eigenvalue weighted by Crippen LogP contribution is 2.35. The SMILES string of the molecule is COc1ccccc1-c1ccc(CN2CCc3nc(C)ncc3C2)s1. The highest BCUT2D eigenvalue weighted by molar-refractivity contribution is 7.15. The first-order valence-electron chi connectivity index (χ1n) is 8.49. The molecule has 4 nitrogen and oxygen atoms in total. The number of benzene rings is 1. The summed E-state index contributed by atoms with van der Waals surface area (Å²) in [7, 11) is 1.72. The molecule has 0 fully saturated rings. The Balaban J connectivity index is 1.49. The zero-order chi connectivity index (χ0) is 17.2. The van der Waals surface area contributed by atoms with Gasteiger partial charge in [0, 0.05) is 58.8 Å². The zero-order valence-electron chi connectivity index (χ0n) is 14.5. The van der Waals surface area contributed by atoms with Gasteiger partial charge in [-0.2, -0.15) is 0 Å². The number of nitrogens with zero attached hydrogens (tertiary/aromatic N) is 3. The second-order valence-electron chi connectivity index (χ2n) is 6.32. The fraction of sp³-hybridized carbons (Fsp3) is 0.300. The molecular weight excluding hydrogens is 330 g/mol. The summed E-state index contributed by atoms with van der Waals surface area (Å²) in [5.41, 5.74) is 3.64. The van der Waals surface area contributed by atoms with Crippen molar-refractivity contribution in [2.75, 3.05) is 13.7 Å². The van der Waals surface area contributed by atoms with Crippen LogP contribution in [0.3, 0.4) is 0 Å². The number of hydrogen-bond acceptors (Lipinski definition) is 5. The van der Waals surface area contributed by atoms with Gasteiger partial charge in [-0.1, -0.05) is 12.1 Å². The smallest absolute Gasteiger partial charge is 0.127 e. The van der Waals surface area contributed by atoms with Crippen molar-refractivity contribution in [1.29, 1.82) is 0 Å². The lowest BCUT2D eigenvalue weighted by molar-refractivity contribution is 0.245. The number of aryl methyl sites for hydroxylation is 1. The van der Waals surface area contributed by atoms with Gasteiger partial charge in [0.05, 0.1) is 7.11 Å². The first-order chi connectivity index (χ1) is 12.2. The summed E-state index contributed by atoms with van der Waals surface area (Å²) < 4.78 is 5.49. The van der Waals surface area contributed by atoms with E-state index in [0.29, 0.717) is 0 Å². The Labute approximate surface area is 152 Å². The molecule has 0 saturated carbocycles. The summed E-state index contributed by atoms with van der Waals surface area (Å²) in [5, 5.41) is 0. The molecule has 0 bridgehead atoms. The second-order valence-corrected chi connectivity index (χ2v) is 7.48. The van der Waals surface area contributed by atoms with Crippen molar-refractivity contribution in [3.8, 4) is 16.2 Å². The lowest BCUT2D eigenvalue weighted by Gasteiger charge is -2.27. The van der Waals surface area contributed by atoms with Gasteiger partial charge < -0.3 is 4.74 Å². The molecule has 4 rings (SSSR count). The molecule has 0 N–H and O–H groups in total. The van der Waals surface area contributed by atoms with Gasteiger partial charge in [-0.15, -0.1) is 11.3 Å². The molecule has 0 radical (unpaired) electrons. The van der Waals surface area contributed by atoms with Gasteiger partial charge in [0.15, 0.2) is 0 Å². The van der Waals surface area contributed by atoms with E-state index in [4.69, 9.17) is 4.74 Å². The maximum Gasteiger partial charge on any atom is 0.127 e. The Morgan fingerprint density at radius 2 is 2.08 bits per heavy atom. The maximum absolute atomic E-state index is 5.49. The van der Waals surface area contributed by atoms with E-state index >= 15 is 0 Å². The van der Waals surface area contributed by atoms with Crippen LogP contribution in [0.1, 0.15) is 22.0 Å². The third-order valence-electron chi connectivity index (χ3n) is 4.55. The van der Waals surface area contributed by atoms with Crippen molar-refractivity contribution in [3.63, 3.8) is 0 Å². The molecule has 1 aliphatic rings. The molecule has 0 aliphatic carbocycles. The third kappa shape index (κ3) is 3.43. The number of aromatic nitrogens is 2. The van der Waals surface area contributed by atoms with Gasteiger partial charge >= 0.3 is 0 Å². The highest BCUT2D eigenvalue weighted by Gasteiger charge is 2.19. The minimum atomic E-state index is 0.868. The summed E-state index contributed by atoms with van der Waals surface area (Å²) in [6, 6.07) is 12.6. The number of rotatable bonds is 4. The van der Waals surface area contributed by atoms with E-state index in [1.165, 1.54) is 21.0 Å².